The molecule has 0 saturated carbocycles. The van der Waals surface area contributed by atoms with E-state index >= 15 is 0 Å². The zero-order valence-electron chi connectivity index (χ0n) is 18.2. The zero-order chi connectivity index (χ0) is 22.1. The van der Waals surface area contributed by atoms with Crippen molar-refractivity contribution in [2.24, 2.45) is 0 Å². The second kappa shape index (κ2) is 11.7. The van der Waals surface area contributed by atoms with E-state index in [1.165, 1.54) is 35.0 Å². The summed E-state index contributed by atoms with van der Waals surface area (Å²) >= 11 is 1.53. The Balaban J connectivity index is 2.07. The van der Waals surface area contributed by atoms with Crippen molar-refractivity contribution in [3.63, 3.8) is 0 Å². The zero-order valence-corrected chi connectivity index (χ0v) is 19.0. The van der Waals surface area contributed by atoms with Gasteiger partial charge >= 0.3 is 0 Å². The van der Waals surface area contributed by atoms with Gasteiger partial charge in [0.1, 0.15) is 11.9 Å². The predicted molar refractivity (Wildman–Crippen MR) is 122 cm³/mol. The molecule has 0 saturated heterocycles. The van der Waals surface area contributed by atoms with E-state index in [1.807, 2.05) is 39.0 Å². The molecule has 0 bridgehead atoms. The second-order valence-electron chi connectivity index (χ2n) is 7.62. The summed E-state index contributed by atoms with van der Waals surface area (Å²) in [5.74, 6) is 0.390. The minimum Gasteiger partial charge on any atom is -0.352 e. The summed E-state index contributed by atoms with van der Waals surface area (Å²) in [6.07, 6.45) is 0.816. The maximum absolute atomic E-state index is 13.3. The lowest BCUT2D eigenvalue weighted by atomic mass is 10.1. The molecule has 0 aliphatic heterocycles. The lowest BCUT2D eigenvalue weighted by molar-refractivity contribution is -0.138. The van der Waals surface area contributed by atoms with Gasteiger partial charge in [0.25, 0.3) is 0 Å². The van der Waals surface area contributed by atoms with E-state index in [-0.39, 0.29) is 36.0 Å². The number of thioether (sulfide) groups is 1. The van der Waals surface area contributed by atoms with E-state index in [0.717, 1.165) is 17.7 Å². The van der Waals surface area contributed by atoms with E-state index in [2.05, 4.69) is 11.4 Å². The van der Waals surface area contributed by atoms with E-state index in [1.54, 1.807) is 24.0 Å². The monoisotopic (exact) mass is 430 g/mol. The number of nitrogens with zero attached hydrogens (tertiary/aromatic N) is 1. The third-order valence-corrected chi connectivity index (χ3v) is 6.00. The summed E-state index contributed by atoms with van der Waals surface area (Å²) < 4.78 is 13.3. The second-order valence-corrected chi connectivity index (χ2v) is 8.61. The maximum Gasteiger partial charge on any atom is 0.242 e. The van der Waals surface area contributed by atoms with Crippen LogP contribution < -0.4 is 5.32 Å². The molecule has 0 aromatic heterocycles. The Bertz CT molecular complexity index is 841. The predicted octanol–water partition coefficient (Wildman–Crippen LogP) is 4.70. The smallest absolute Gasteiger partial charge is 0.242 e. The van der Waals surface area contributed by atoms with Gasteiger partial charge in [-0.05, 0) is 50.5 Å². The molecule has 2 atom stereocenters. The van der Waals surface area contributed by atoms with Crippen LogP contribution >= 0.6 is 11.8 Å². The van der Waals surface area contributed by atoms with Gasteiger partial charge in [-0.25, -0.2) is 4.39 Å². The van der Waals surface area contributed by atoms with Crippen LogP contribution in [0.3, 0.4) is 0 Å². The maximum atomic E-state index is 13.3. The Morgan fingerprint density at radius 2 is 1.80 bits per heavy atom. The van der Waals surface area contributed by atoms with Crippen molar-refractivity contribution in [3.05, 3.63) is 71.0 Å². The van der Waals surface area contributed by atoms with Crippen molar-refractivity contribution in [2.45, 2.75) is 58.5 Å². The molecule has 2 aromatic carbocycles. The third kappa shape index (κ3) is 7.48. The number of carbonyl (C=O) groups is 2. The van der Waals surface area contributed by atoms with Crippen molar-refractivity contribution in [3.8, 4) is 0 Å². The summed E-state index contributed by atoms with van der Waals surface area (Å²) in [5.41, 5.74) is 3.14. The van der Waals surface area contributed by atoms with Gasteiger partial charge in [0.05, 0.1) is 5.75 Å². The fourth-order valence-corrected chi connectivity index (χ4v) is 3.83. The number of rotatable bonds is 10. The highest BCUT2D eigenvalue weighted by Crippen LogP contribution is 2.17. The molecule has 0 aliphatic rings. The summed E-state index contributed by atoms with van der Waals surface area (Å²) in [4.78, 5) is 27.3. The largest absolute Gasteiger partial charge is 0.352 e. The lowest BCUT2D eigenvalue weighted by Gasteiger charge is -2.29. The number of hydrogen-bond donors (Lipinski definition) is 1. The SMILES string of the molecule is CC[C@@H](C)NC(=O)[C@H](C)N(Cc1ccc(F)cc1)C(=O)CSCc1cccc(C)c1. The third-order valence-electron chi connectivity index (χ3n) is 5.01. The van der Waals surface area contributed by atoms with Crippen LogP contribution in [0.1, 0.15) is 43.9 Å². The number of hydrogen-bond acceptors (Lipinski definition) is 3. The van der Waals surface area contributed by atoms with E-state index < -0.39 is 6.04 Å². The normalized spacial score (nSPS) is 12.8. The molecule has 0 fully saturated rings. The van der Waals surface area contributed by atoms with Crippen LogP contribution in [-0.4, -0.2) is 34.6 Å². The van der Waals surface area contributed by atoms with Gasteiger partial charge in [-0.2, -0.15) is 0 Å². The van der Waals surface area contributed by atoms with Crippen molar-refractivity contribution >= 4 is 23.6 Å². The molecule has 2 aromatic rings. The number of amides is 2. The van der Waals surface area contributed by atoms with Crippen LogP contribution in [0.4, 0.5) is 4.39 Å². The van der Waals surface area contributed by atoms with Crippen LogP contribution in [0.5, 0.6) is 0 Å². The van der Waals surface area contributed by atoms with Gasteiger partial charge in [0.2, 0.25) is 11.8 Å². The summed E-state index contributed by atoms with van der Waals surface area (Å²) in [6, 6.07) is 13.7. The average Bonchev–Trinajstić information content (AvgIpc) is 2.72. The van der Waals surface area contributed by atoms with Crippen LogP contribution in [0.25, 0.3) is 0 Å². The number of nitrogens with one attached hydrogen (secondary N) is 1. The molecule has 2 amide bonds. The first kappa shape index (κ1) is 23.9. The molecular weight excluding hydrogens is 399 g/mol. The molecule has 2 rings (SSSR count). The first-order valence-corrected chi connectivity index (χ1v) is 11.4. The average molecular weight is 431 g/mol. The highest BCUT2D eigenvalue weighted by atomic mass is 32.2. The van der Waals surface area contributed by atoms with Gasteiger partial charge in [0.15, 0.2) is 0 Å². The van der Waals surface area contributed by atoms with Crippen LogP contribution in [0.15, 0.2) is 48.5 Å². The molecular formula is C24H31FN2O2S. The standard InChI is InChI=1S/C24H31FN2O2S/c1-5-18(3)26-24(29)19(4)27(14-20-9-11-22(25)12-10-20)23(28)16-30-15-21-8-6-7-17(2)13-21/h6-13,18-19H,5,14-16H2,1-4H3,(H,26,29)/t18-,19+/m1/s1. The fourth-order valence-electron chi connectivity index (χ4n) is 2.98. The van der Waals surface area contributed by atoms with E-state index in [9.17, 15) is 14.0 Å². The minimum atomic E-state index is -0.615. The van der Waals surface area contributed by atoms with Gasteiger partial charge in [-0.3, -0.25) is 9.59 Å². The highest BCUT2D eigenvalue weighted by Gasteiger charge is 2.26. The molecule has 4 nitrogen and oxygen atoms in total. The molecule has 30 heavy (non-hydrogen) atoms. The minimum absolute atomic E-state index is 0.0402. The molecule has 0 unspecified atom stereocenters. The van der Waals surface area contributed by atoms with Gasteiger partial charge < -0.3 is 10.2 Å². The van der Waals surface area contributed by atoms with Crippen molar-refractivity contribution in [1.82, 2.24) is 10.2 Å². The van der Waals surface area contributed by atoms with E-state index in [4.69, 9.17) is 0 Å². The van der Waals surface area contributed by atoms with Crippen molar-refractivity contribution < 1.29 is 14.0 Å². The van der Waals surface area contributed by atoms with Gasteiger partial charge in [-0.1, -0.05) is 48.9 Å². The van der Waals surface area contributed by atoms with Gasteiger partial charge in [0, 0.05) is 18.3 Å². The number of halogens is 1. The van der Waals surface area contributed by atoms with Crippen molar-refractivity contribution in [1.29, 1.82) is 0 Å². The molecule has 1 N–H and O–H groups in total. The Hall–Kier alpha value is -2.34. The lowest BCUT2D eigenvalue weighted by Crippen LogP contribution is -2.50. The molecule has 0 radical (unpaired) electrons. The summed E-state index contributed by atoms with van der Waals surface area (Å²) in [5, 5.41) is 2.95. The topological polar surface area (TPSA) is 49.4 Å². The fraction of sp³-hybridized carbons (Fsp3) is 0.417. The quantitative estimate of drug-likeness (QED) is 0.594. The molecule has 6 heteroatoms. The Morgan fingerprint density at radius 3 is 2.43 bits per heavy atom. The van der Waals surface area contributed by atoms with Crippen molar-refractivity contribution in [2.75, 3.05) is 5.75 Å². The molecule has 162 valence electrons. The Labute approximate surface area is 183 Å². The summed E-state index contributed by atoms with van der Waals surface area (Å²) in [6.45, 7) is 7.98. The number of carbonyl (C=O) groups excluding carboxylic acids is 2. The molecule has 0 aliphatic carbocycles. The van der Waals surface area contributed by atoms with Crippen LogP contribution in [-0.2, 0) is 21.9 Å². The highest BCUT2D eigenvalue weighted by molar-refractivity contribution is 7.99. The van der Waals surface area contributed by atoms with E-state index in [0.29, 0.717) is 0 Å². The van der Waals surface area contributed by atoms with Crippen LogP contribution in [0, 0.1) is 12.7 Å². The van der Waals surface area contributed by atoms with Gasteiger partial charge in [-0.15, -0.1) is 11.8 Å². The first-order valence-electron chi connectivity index (χ1n) is 10.3. The molecule has 0 spiro atoms. The Kier molecular flexibility index (Phi) is 9.37. The number of benzene rings is 2. The van der Waals surface area contributed by atoms with Crippen LogP contribution in [0.2, 0.25) is 0 Å². The Morgan fingerprint density at radius 1 is 1.10 bits per heavy atom. The first-order chi connectivity index (χ1) is 14.3. The molecule has 0 heterocycles. The number of aryl methyl sites for hydroxylation is 1. The summed E-state index contributed by atoms with van der Waals surface area (Å²) in [7, 11) is 0.